The summed E-state index contributed by atoms with van der Waals surface area (Å²) < 4.78 is 15.3. The van der Waals surface area contributed by atoms with Crippen molar-refractivity contribution >= 4 is 0 Å². The second-order valence-electron chi connectivity index (χ2n) is 3.95. The maximum absolute atomic E-state index is 6.13. The minimum atomic E-state index is -0.382. The summed E-state index contributed by atoms with van der Waals surface area (Å²) in [5.74, 6) is 0. The predicted octanol–water partition coefficient (Wildman–Crippen LogP) is 0.785. The summed E-state index contributed by atoms with van der Waals surface area (Å²) in [6.45, 7) is 4.36. The van der Waals surface area contributed by atoms with Gasteiger partial charge in [0.05, 0.1) is 14.2 Å². The predicted molar refractivity (Wildman–Crippen MR) is 65.9 cm³/mol. The molecule has 0 aliphatic heterocycles. The Labute approximate surface area is 107 Å². The zero-order valence-electron chi connectivity index (χ0n) is 11.3. The zero-order valence-corrected chi connectivity index (χ0v) is 11.3. The number of methoxy groups -OCH3 is 2. The van der Waals surface area contributed by atoms with E-state index in [4.69, 9.17) is 19.9 Å². The standard InChI is InChI=1S/C11H20N4O3/c1-5-11(12,6-2)7-18-10-14-8(16-3)13-9(15-10)17-4/h5-7,12H2,1-4H3. The fraction of sp³-hybridized carbons (Fsp3) is 0.727. The molecule has 0 fully saturated rings. The van der Waals surface area contributed by atoms with Crippen LogP contribution in [0.4, 0.5) is 0 Å². The molecule has 0 amide bonds. The largest absolute Gasteiger partial charge is 0.467 e. The SMILES string of the molecule is CCC(N)(CC)COc1nc(OC)nc(OC)n1. The lowest BCUT2D eigenvalue weighted by Gasteiger charge is -2.25. The monoisotopic (exact) mass is 256 g/mol. The lowest BCUT2D eigenvalue weighted by Crippen LogP contribution is -2.44. The van der Waals surface area contributed by atoms with E-state index in [0.717, 1.165) is 12.8 Å². The number of nitrogens with two attached hydrogens (primary N) is 1. The summed E-state index contributed by atoms with van der Waals surface area (Å²) in [5.41, 5.74) is 5.74. The first-order valence-corrected chi connectivity index (χ1v) is 5.82. The van der Waals surface area contributed by atoms with Crippen molar-refractivity contribution in [1.29, 1.82) is 0 Å². The van der Waals surface area contributed by atoms with Gasteiger partial charge in [0.1, 0.15) is 6.61 Å². The fourth-order valence-corrected chi connectivity index (χ4v) is 1.23. The highest BCUT2D eigenvalue weighted by Crippen LogP contribution is 2.17. The summed E-state index contributed by atoms with van der Waals surface area (Å²) in [6.07, 6.45) is 1.62. The first-order valence-electron chi connectivity index (χ1n) is 5.82. The second kappa shape index (κ2) is 6.34. The third-order valence-corrected chi connectivity index (χ3v) is 2.84. The Morgan fingerprint density at radius 1 is 0.944 bits per heavy atom. The molecule has 0 atom stereocenters. The van der Waals surface area contributed by atoms with E-state index in [0.29, 0.717) is 6.61 Å². The fourth-order valence-electron chi connectivity index (χ4n) is 1.23. The number of aromatic nitrogens is 3. The molecule has 7 heteroatoms. The van der Waals surface area contributed by atoms with Gasteiger partial charge < -0.3 is 19.9 Å². The highest BCUT2D eigenvalue weighted by atomic mass is 16.5. The van der Waals surface area contributed by atoms with Crippen LogP contribution >= 0.6 is 0 Å². The molecular formula is C11H20N4O3. The van der Waals surface area contributed by atoms with Crippen LogP contribution in [0.3, 0.4) is 0 Å². The van der Waals surface area contributed by atoms with E-state index < -0.39 is 0 Å². The molecule has 102 valence electrons. The Morgan fingerprint density at radius 3 is 1.78 bits per heavy atom. The lowest BCUT2D eigenvalue weighted by molar-refractivity contribution is 0.187. The molecule has 0 radical (unpaired) electrons. The average Bonchev–Trinajstić information content (AvgIpc) is 2.44. The van der Waals surface area contributed by atoms with Gasteiger partial charge in [-0.05, 0) is 12.8 Å². The van der Waals surface area contributed by atoms with Crippen LogP contribution in [-0.4, -0.2) is 41.3 Å². The highest BCUT2D eigenvalue weighted by molar-refractivity contribution is 5.08. The molecule has 0 saturated heterocycles. The Hall–Kier alpha value is -1.63. The van der Waals surface area contributed by atoms with Gasteiger partial charge in [-0.15, -0.1) is 15.0 Å². The number of rotatable bonds is 7. The molecule has 0 saturated carbocycles. The lowest BCUT2D eigenvalue weighted by atomic mass is 9.96. The van der Waals surface area contributed by atoms with E-state index in [1.54, 1.807) is 0 Å². The van der Waals surface area contributed by atoms with Crippen LogP contribution in [0.5, 0.6) is 18.0 Å². The first kappa shape index (κ1) is 14.4. The maximum Gasteiger partial charge on any atom is 0.325 e. The van der Waals surface area contributed by atoms with Gasteiger partial charge in [-0.2, -0.15) is 0 Å². The minimum absolute atomic E-state index is 0.146. The van der Waals surface area contributed by atoms with Gasteiger partial charge in [0.25, 0.3) is 0 Å². The third kappa shape index (κ3) is 3.69. The van der Waals surface area contributed by atoms with Gasteiger partial charge >= 0.3 is 18.0 Å². The quantitative estimate of drug-likeness (QED) is 0.770. The van der Waals surface area contributed by atoms with Crippen molar-refractivity contribution in [3.05, 3.63) is 0 Å². The van der Waals surface area contributed by atoms with Crippen LogP contribution in [-0.2, 0) is 0 Å². The smallest absolute Gasteiger partial charge is 0.325 e. The van der Waals surface area contributed by atoms with E-state index in [1.165, 1.54) is 14.2 Å². The van der Waals surface area contributed by atoms with E-state index in [9.17, 15) is 0 Å². The molecule has 1 aromatic rings. The van der Waals surface area contributed by atoms with Gasteiger partial charge in [0.2, 0.25) is 0 Å². The van der Waals surface area contributed by atoms with Crippen molar-refractivity contribution in [2.45, 2.75) is 32.2 Å². The molecule has 0 unspecified atom stereocenters. The van der Waals surface area contributed by atoms with Crippen LogP contribution in [0.15, 0.2) is 0 Å². The summed E-state index contributed by atoms with van der Waals surface area (Å²) in [5, 5.41) is 0. The Balaban J connectivity index is 2.78. The third-order valence-electron chi connectivity index (χ3n) is 2.84. The van der Waals surface area contributed by atoms with Crippen LogP contribution in [0.2, 0.25) is 0 Å². The van der Waals surface area contributed by atoms with Crippen LogP contribution in [0.1, 0.15) is 26.7 Å². The molecule has 0 bridgehead atoms. The molecule has 7 nitrogen and oxygen atoms in total. The molecule has 2 N–H and O–H groups in total. The van der Waals surface area contributed by atoms with E-state index >= 15 is 0 Å². The minimum Gasteiger partial charge on any atom is -0.467 e. The van der Waals surface area contributed by atoms with Crippen molar-refractivity contribution in [3.63, 3.8) is 0 Å². The molecule has 0 aliphatic carbocycles. The number of ether oxygens (including phenoxy) is 3. The molecular weight excluding hydrogens is 236 g/mol. The van der Waals surface area contributed by atoms with Crippen molar-refractivity contribution in [1.82, 2.24) is 15.0 Å². The van der Waals surface area contributed by atoms with E-state index in [2.05, 4.69) is 15.0 Å². The van der Waals surface area contributed by atoms with Crippen molar-refractivity contribution in [2.24, 2.45) is 5.73 Å². The maximum atomic E-state index is 6.13. The normalized spacial score (nSPS) is 11.2. The average molecular weight is 256 g/mol. The van der Waals surface area contributed by atoms with Gasteiger partial charge in [-0.1, -0.05) is 13.8 Å². The molecule has 0 aromatic carbocycles. The highest BCUT2D eigenvalue weighted by Gasteiger charge is 2.22. The van der Waals surface area contributed by atoms with Gasteiger partial charge in [-0.3, -0.25) is 0 Å². The summed E-state index contributed by atoms with van der Waals surface area (Å²) in [4.78, 5) is 11.8. The molecule has 18 heavy (non-hydrogen) atoms. The van der Waals surface area contributed by atoms with Gasteiger partial charge in [-0.25, -0.2) is 0 Å². The molecule has 1 rings (SSSR count). The van der Waals surface area contributed by atoms with Gasteiger partial charge in [0, 0.05) is 5.54 Å². The molecule has 0 spiro atoms. The second-order valence-corrected chi connectivity index (χ2v) is 3.95. The summed E-state index contributed by atoms with van der Waals surface area (Å²) >= 11 is 0. The topological polar surface area (TPSA) is 92.4 Å². The van der Waals surface area contributed by atoms with Crippen LogP contribution in [0, 0.1) is 0 Å². The molecule has 1 aromatic heterocycles. The van der Waals surface area contributed by atoms with Crippen molar-refractivity contribution < 1.29 is 14.2 Å². The first-order chi connectivity index (χ1) is 8.56. The van der Waals surface area contributed by atoms with Gasteiger partial charge in [0.15, 0.2) is 0 Å². The number of hydrogen-bond acceptors (Lipinski definition) is 7. The molecule has 0 aliphatic rings. The van der Waals surface area contributed by atoms with E-state index in [1.807, 2.05) is 13.8 Å². The number of hydrogen-bond donors (Lipinski definition) is 1. The zero-order chi connectivity index (χ0) is 13.6. The van der Waals surface area contributed by atoms with E-state index in [-0.39, 0.29) is 23.6 Å². The number of nitrogens with zero attached hydrogens (tertiary/aromatic N) is 3. The van der Waals surface area contributed by atoms with Crippen LogP contribution in [0.25, 0.3) is 0 Å². The van der Waals surface area contributed by atoms with Crippen molar-refractivity contribution in [3.8, 4) is 18.0 Å². The summed E-state index contributed by atoms with van der Waals surface area (Å²) in [6, 6.07) is 0.440. The Kier molecular flexibility index (Phi) is 5.08. The summed E-state index contributed by atoms with van der Waals surface area (Å²) in [7, 11) is 2.92. The Morgan fingerprint density at radius 2 is 1.39 bits per heavy atom. The molecule has 1 heterocycles. The Bertz CT molecular complexity index is 360. The van der Waals surface area contributed by atoms with Crippen LogP contribution < -0.4 is 19.9 Å². The van der Waals surface area contributed by atoms with Crippen molar-refractivity contribution in [2.75, 3.05) is 20.8 Å².